The number of piperidine rings is 1. The summed E-state index contributed by atoms with van der Waals surface area (Å²) in [7, 11) is 1.34. The zero-order valence-corrected chi connectivity index (χ0v) is 14.4. The molecule has 0 bridgehead atoms. The minimum absolute atomic E-state index is 0.123. The van der Waals surface area contributed by atoms with Crippen molar-refractivity contribution in [2.24, 2.45) is 13.0 Å². The highest BCUT2D eigenvalue weighted by atomic mass is 19.4. The van der Waals surface area contributed by atoms with Crippen molar-refractivity contribution in [2.75, 3.05) is 26.3 Å². The molecule has 1 aromatic heterocycles. The van der Waals surface area contributed by atoms with Crippen LogP contribution in [-0.4, -0.2) is 64.2 Å². The lowest BCUT2D eigenvalue weighted by atomic mass is 9.93. The number of likely N-dealkylation sites (tertiary alicyclic amines) is 1. The van der Waals surface area contributed by atoms with E-state index in [9.17, 15) is 23.1 Å². The number of aryl methyl sites for hydroxylation is 1. The summed E-state index contributed by atoms with van der Waals surface area (Å²) >= 11 is 0. The Hall–Kier alpha value is -1.65. The van der Waals surface area contributed by atoms with Gasteiger partial charge in [0, 0.05) is 38.4 Å². The van der Waals surface area contributed by atoms with Crippen LogP contribution in [0.2, 0.25) is 0 Å². The Morgan fingerprint density at radius 3 is 2.42 bits per heavy atom. The average molecular weight is 377 g/mol. The molecule has 2 fully saturated rings. The van der Waals surface area contributed by atoms with Crippen molar-refractivity contribution in [2.45, 2.75) is 37.3 Å². The van der Waals surface area contributed by atoms with Crippen molar-refractivity contribution in [3.63, 3.8) is 0 Å². The third-order valence-electron chi connectivity index (χ3n) is 4.99. The molecule has 3 rings (SSSR count). The highest BCUT2D eigenvalue weighted by Gasteiger charge is 2.59. The van der Waals surface area contributed by atoms with E-state index in [-0.39, 0.29) is 12.2 Å². The normalized spacial score (nSPS) is 22.6. The molecule has 0 radical (unpaired) electrons. The quantitative estimate of drug-likeness (QED) is 0.853. The van der Waals surface area contributed by atoms with Crippen molar-refractivity contribution in [1.29, 1.82) is 0 Å². The summed E-state index contributed by atoms with van der Waals surface area (Å²) < 4.78 is 52.6. The fourth-order valence-corrected chi connectivity index (χ4v) is 3.47. The zero-order chi connectivity index (χ0) is 18.9. The van der Waals surface area contributed by atoms with Gasteiger partial charge in [-0.2, -0.15) is 13.2 Å². The molecule has 2 saturated heterocycles. The zero-order valence-electron chi connectivity index (χ0n) is 14.4. The molecular weight excluding hydrogens is 355 g/mol. The fourth-order valence-electron chi connectivity index (χ4n) is 3.47. The third kappa shape index (κ3) is 3.58. The van der Waals surface area contributed by atoms with Gasteiger partial charge in [-0.3, -0.25) is 4.79 Å². The second-order valence-corrected chi connectivity index (χ2v) is 6.72. The highest BCUT2D eigenvalue weighted by Crippen LogP contribution is 2.41. The first kappa shape index (κ1) is 19.1. The number of hydrogen-bond acceptors (Lipinski definition) is 5. The molecule has 2 aliphatic rings. The number of carbonyl (C=O) groups is 1. The first-order chi connectivity index (χ1) is 12.2. The van der Waals surface area contributed by atoms with Gasteiger partial charge in [0.2, 0.25) is 11.5 Å². The largest absolute Gasteiger partial charge is 0.425 e. The van der Waals surface area contributed by atoms with Crippen molar-refractivity contribution in [3.05, 3.63) is 18.2 Å². The number of aliphatic hydroxyl groups is 1. The van der Waals surface area contributed by atoms with E-state index in [1.807, 2.05) is 0 Å². The molecule has 1 unspecified atom stereocenters. The smallest absolute Gasteiger partial charge is 0.374 e. The second-order valence-electron chi connectivity index (χ2n) is 6.72. The standard InChI is InChI=1S/C16H22F3N3O4/c1-21-7-4-20-14(21)15(24,16(17,18)19)10-12(23)22-5-2-11(3-6-22)13-25-8-9-26-13/h4,7,11,13,24H,2-3,5-6,8-10H2,1H3. The Bertz CT molecular complexity index is 637. The summed E-state index contributed by atoms with van der Waals surface area (Å²) in [6, 6.07) is 0. The maximum atomic E-state index is 13.5. The molecule has 0 aromatic carbocycles. The molecule has 2 aliphatic heterocycles. The molecular formula is C16H22F3N3O4. The lowest BCUT2D eigenvalue weighted by Crippen LogP contribution is -2.50. The lowest BCUT2D eigenvalue weighted by molar-refractivity contribution is -0.272. The van der Waals surface area contributed by atoms with Crippen LogP contribution >= 0.6 is 0 Å². The molecule has 0 spiro atoms. The minimum atomic E-state index is -5.02. The van der Waals surface area contributed by atoms with Gasteiger partial charge in [0.15, 0.2) is 12.1 Å². The predicted molar refractivity (Wildman–Crippen MR) is 82.8 cm³/mol. The van der Waals surface area contributed by atoms with Gasteiger partial charge in [-0.1, -0.05) is 0 Å². The molecule has 7 nitrogen and oxygen atoms in total. The van der Waals surface area contributed by atoms with Gasteiger partial charge in [0.05, 0.1) is 19.6 Å². The van der Waals surface area contributed by atoms with Gasteiger partial charge in [-0.05, 0) is 12.8 Å². The monoisotopic (exact) mass is 377 g/mol. The van der Waals surface area contributed by atoms with Gasteiger partial charge < -0.3 is 24.0 Å². The number of imidazole rings is 1. The van der Waals surface area contributed by atoms with Crippen LogP contribution in [-0.2, 0) is 26.9 Å². The Morgan fingerprint density at radius 2 is 1.92 bits per heavy atom. The summed E-state index contributed by atoms with van der Waals surface area (Å²) in [5.41, 5.74) is -3.32. The number of halogens is 3. The van der Waals surface area contributed by atoms with Gasteiger partial charge in [0.1, 0.15) is 0 Å². The van der Waals surface area contributed by atoms with Gasteiger partial charge in [-0.25, -0.2) is 4.98 Å². The summed E-state index contributed by atoms with van der Waals surface area (Å²) in [6.45, 7) is 1.68. The van der Waals surface area contributed by atoms with E-state index in [0.29, 0.717) is 39.1 Å². The number of alkyl halides is 3. The number of amides is 1. The number of ether oxygens (including phenoxy) is 2. The summed E-state index contributed by atoms with van der Waals surface area (Å²) in [6.07, 6.45) is -2.79. The number of aromatic nitrogens is 2. The maximum Gasteiger partial charge on any atom is 0.425 e. The number of hydrogen-bond donors (Lipinski definition) is 1. The van der Waals surface area contributed by atoms with E-state index < -0.39 is 29.9 Å². The Balaban J connectivity index is 1.66. The number of nitrogens with zero attached hydrogens (tertiary/aromatic N) is 3. The van der Waals surface area contributed by atoms with Crippen molar-refractivity contribution >= 4 is 5.91 Å². The van der Waals surface area contributed by atoms with Crippen LogP contribution in [0.4, 0.5) is 13.2 Å². The van der Waals surface area contributed by atoms with Crippen LogP contribution in [0.5, 0.6) is 0 Å². The van der Waals surface area contributed by atoms with Crippen LogP contribution in [0, 0.1) is 5.92 Å². The Kier molecular flexibility index (Phi) is 5.27. The first-order valence-electron chi connectivity index (χ1n) is 8.50. The van der Waals surface area contributed by atoms with E-state index in [1.54, 1.807) is 0 Å². The summed E-state index contributed by atoms with van der Waals surface area (Å²) in [5, 5.41) is 10.3. The first-order valence-corrected chi connectivity index (χ1v) is 8.50. The SMILES string of the molecule is Cn1ccnc1C(O)(CC(=O)N1CCC(C2OCCO2)CC1)C(F)(F)F. The molecule has 10 heteroatoms. The Labute approximate surface area is 148 Å². The Morgan fingerprint density at radius 1 is 1.31 bits per heavy atom. The van der Waals surface area contributed by atoms with E-state index in [2.05, 4.69) is 4.98 Å². The van der Waals surface area contributed by atoms with E-state index in [4.69, 9.17) is 9.47 Å². The summed E-state index contributed by atoms with van der Waals surface area (Å²) in [4.78, 5) is 17.4. The minimum Gasteiger partial charge on any atom is -0.374 e. The number of carbonyl (C=O) groups excluding carboxylic acids is 1. The van der Waals surface area contributed by atoms with Crippen molar-refractivity contribution < 1.29 is 32.5 Å². The van der Waals surface area contributed by atoms with E-state index >= 15 is 0 Å². The average Bonchev–Trinajstić information content (AvgIpc) is 3.25. The van der Waals surface area contributed by atoms with Crippen LogP contribution in [0.15, 0.2) is 12.4 Å². The molecule has 0 saturated carbocycles. The van der Waals surface area contributed by atoms with E-state index in [0.717, 1.165) is 10.8 Å². The topological polar surface area (TPSA) is 76.8 Å². The van der Waals surface area contributed by atoms with Crippen molar-refractivity contribution in [1.82, 2.24) is 14.5 Å². The molecule has 1 atom stereocenters. The molecule has 1 aromatic rings. The maximum absolute atomic E-state index is 13.5. The number of rotatable bonds is 4. The van der Waals surface area contributed by atoms with Gasteiger partial charge in [0.25, 0.3) is 0 Å². The predicted octanol–water partition coefficient (Wildman–Crippen LogP) is 1.17. The highest BCUT2D eigenvalue weighted by molar-refractivity contribution is 5.77. The van der Waals surface area contributed by atoms with Crippen LogP contribution in [0.1, 0.15) is 25.1 Å². The van der Waals surface area contributed by atoms with Gasteiger partial charge >= 0.3 is 6.18 Å². The fraction of sp³-hybridized carbons (Fsp3) is 0.750. The van der Waals surface area contributed by atoms with Crippen LogP contribution in [0.25, 0.3) is 0 Å². The molecule has 1 N–H and O–H groups in total. The van der Waals surface area contributed by atoms with E-state index in [1.165, 1.54) is 18.1 Å². The van der Waals surface area contributed by atoms with Gasteiger partial charge in [-0.15, -0.1) is 0 Å². The molecule has 146 valence electrons. The molecule has 1 amide bonds. The van der Waals surface area contributed by atoms with Crippen LogP contribution in [0.3, 0.4) is 0 Å². The lowest BCUT2D eigenvalue weighted by Gasteiger charge is -2.36. The molecule has 3 heterocycles. The summed E-state index contributed by atoms with van der Waals surface area (Å²) in [5.74, 6) is -1.22. The van der Waals surface area contributed by atoms with Crippen molar-refractivity contribution in [3.8, 4) is 0 Å². The molecule has 26 heavy (non-hydrogen) atoms. The molecule has 0 aliphatic carbocycles. The third-order valence-corrected chi connectivity index (χ3v) is 4.99. The second kappa shape index (κ2) is 7.16. The van der Waals surface area contributed by atoms with Crippen LogP contribution < -0.4 is 0 Å².